The second-order valence-electron chi connectivity index (χ2n) is 9.87. The van der Waals surface area contributed by atoms with E-state index in [-0.39, 0.29) is 11.9 Å². The summed E-state index contributed by atoms with van der Waals surface area (Å²) in [5.41, 5.74) is 4.91. The third-order valence-electron chi connectivity index (χ3n) is 7.29. The van der Waals surface area contributed by atoms with Gasteiger partial charge in [0.1, 0.15) is 0 Å². The molecule has 39 heavy (non-hydrogen) atoms. The fourth-order valence-corrected chi connectivity index (χ4v) is 5.64. The number of fused-ring (bicyclic) bond motifs is 2. The summed E-state index contributed by atoms with van der Waals surface area (Å²) in [6.45, 7) is 4.54. The van der Waals surface area contributed by atoms with Crippen molar-refractivity contribution >= 4 is 55.4 Å². The highest BCUT2D eigenvalue weighted by Crippen LogP contribution is 2.32. The van der Waals surface area contributed by atoms with Crippen molar-refractivity contribution in [3.05, 3.63) is 94.4 Å². The number of piperazine rings is 1. The predicted octanol–water partition coefficient (Wildman–Crippen LogP) is 4.52. The topological polar surface area (TPSA) is 90.9 Å². The Morgan fingerprint density at radius 1 is 1.10 bits per heavy atom. The molecule has 1 unspecified atom stereocenters. The van der Waals surface area contributed by atoms with Crippen LogP contribution in [0.15, 0.2) is 77.5 Å². The van der Waals surface area contributed by atoms with E-state index in [2.05, 4.69) is 75.5 Å². The number of nitrogens with zero attached hydrogens (tertiary/aromatic N) is 4. The van der Waals surface area contributed by atoms with Crippen LogP contribution >= 0.6 is 15.9 Å². The SMILES string of the molecule is Cn1cc(/C(=C\c2[nH]nc3ncccc23)C(=O)NC(CN2CCNCC2)c2ccccc2)c2cc(Br)ccc21. The number of halogens is 1. The molecule has 4 heterocycles. The molecule has 1 aliphatic heterocycles. The smallest absolute Gasteiger partial charge is 0.252 e. The number of rotatable bonds is 7. The van der Waals surface area contributed by atoms with Crippen LogP contribution < -0.4 is 10.6 Å². The van der Waals surface area contributed by atoms with Gasteiger partial charge >= 0.3 is 0 Å². The Hall–Kier alpha value is -3.79. The number of pyridine rings is 1. The van der Waals surface area contributed by atoms with E-state index in [0.717, 1.165) is 70.3 Å². The zero-order chi connectivity index (χ0) is 26.8. The number of H-pyrrole nitrogens is 1. The normalized spacial score (nSPS) is 15.6. The first-order valence-corrected chi connectivity index (χ1v) is 13.9. The Bertz CT molecular complexity index is 1650. The Morgan fingerprint density at radius 3 is 2.74 bits per heavy atom. The molecular weight excluding hydrogens is 554 g/mol. The maximum absolute atomic E-state index is 14.3. The Kier molecular flexibility index (Phi) is 7.28. The molecule has 5 aromatic rings. The van der Waals surface area contributed by atoms with Crippen molar-refractivity contribution in [2.75, 3.05) is 32.7 Å². The summed E-state index contributed by atoms with van der Waals surface area (Å²) in [6.07, 6.45) is 5.63. The van der Waals surface area contributed by atoms with Crippen LogP contribution in [0.5, 0.6) is 0 Å². The van der Waals surface area contributed by atoms with E-state index in [1.807, 2.05) is 55.7 Å². The second-order valence-corrected chi connectivity index (χ2v) is 10.8. The quantitative estimate of drug-likeness (QED) is 0.245. The molecule has 0 spiro atoms. The Balaban J connectivity index is 1.44. The lowest BCUT2D eigenvalue weighted by Crippen LogP contribution is -2.47. The number of hydrogen-bond acceptors (Lipinski definition) is 5. The maximum atomic E-state index is 14.3. The second kappa shape index (κ2) is 11.1. The zero-order valence-electron chi connectivity index (χ0n) is 21.7. The molecule has 0 bridgehead atoms. The minimum absolute atomic E-state index is 0.141. The highest BCUT2D eigenvalue weighted by molar-refractivity contribution is 9.10. The summed E-state index contributed by atoms with van der Waals surface area (Å²) < 4.78 is 3.01. The van der Waals surface area contributed by atoms with Gasteiger partial charge in [-0.1, -0.05) is 46.3 Å². The van der Waals surface area contributed by atoms with Gasteiger partial charge in [-0.25, -0.2) is 4.98 Å². The Labute approximate surface area is 235 Å². The maximum Gasteiger partial charge on any atom is 0.252 e. The van der Waals surface area contributed by atoms with Gasteiger partial charge in [-0.3, -0.25) is 14.8 Å². The lowest BCUT2D eigenvalue weighted by Gasteiger charge is -2.31. The zero-order valence-corrected chi connectivity index (χ0v) is 23.3. The van der Waals surface area contributed by atoms with Crippen molar-refractivity contribution < 1.29 is 4.79 Å². The number of carbonyl (C=O) groups is 1. The van der Waals surface area contributed by atoms with Crippen molar-refractivity contribution in [2.45, 2.75) is 6.04 Å². The van der Waals surface area contributed by atoms with Crippen LogP contribution in [0.2, 0.25) is 0 Å². The molecule has 1 atom stereocenters. The molecule has 1 fully saturated rings. The average Bonchev–Trinajstić information content (AvgIpc) is 3.52. The summed E-state index contributed by atoms with van der Waals surface area (Å²) in [5.74, 6) is -0.141. The standard InChI is InChI=1S/C30H30BrN7O/c1-37-18-25(23-16-21(31)9-10-28(23)37)24(17-26-22-8-5-11-33-29(22)36-35-26)30(39)34-27(20-6-3-2-4-7-20)19-38-14-12-32-13-15-38/h2-11,16-18,27,32H,12-15,19H2,1H3,(H,34,39)(H,33,35,36)/b24-17+. The van der Waals surface area contributed by atoms with E-state index in [4.69, 9.17) is 0 Å². The third-order valence-corrected chi connectivity index (χ3v) is 7.78. The number of carbonyl (C=O) groups excluding carboxylic acids is 1. The fourth-order valence-electron chi connectivity index (χ4n) is 5.28. The summed E-state index contributed by atoms with van der Waals surface area (Å²) in [4.78, 5) is 21.0. The van der Waals surface area contributed by atoms with Crippen LogP contribution in [-0.4, -0.2) is 63.3 Å². The number of nitrogens with one attached hydrogen (secondary N) is 3. The van der Waals surface area contributed by atoms with Crippen LogP contribution in [0.1, 0.15) is 22.9 Å². The summed E-state index contributed by atoms with van der Waals surface area (Å²) in [6, 6.07) is 20.0. The van der Waals surface area contributed by atoms with Crippen molar-refractivity contribution in [1.82, 2.24) is 35.3 Å². The van der Waals surface area contributed by atoms with Gasteiger partial charge in [-0.2, -0.15) is 5.10 Å². The molecule has 0 aliphatic carbocycles. The van der Waals surface area contributed by atoms with E-state index in [1.54, 1.807) is 6.20 Å². The van der Waals surface area contributed by atoms with Gasteiger partial charge < -0.3 is 15.2 Å². The summed E-state index contributed by atoms with van der Waals surface area (Å²) in [5, 5.41) is 16.1. The molecule has 1 amide bonds. The molecule has 198 valence electrons. The van der Waals surface area contributed by atoms with Crippen LogP contribution in [0.3, 0.4) is 0 Å². The molecular formula is C30H30BrN7O. The van der Waals surface area contributed by atoms with Crippen LogP contribution in [-0.2, 0) is 11.8 Å². The number of amides is 1. The number of aryl methyl sites for hydroxylation is 1. The van der Waals surface area contributed by atoms with E-state index in [1.165, 1.54) is 0 Å². The van der Waals surface area contributed by atoms with Crippen LogP contribution in [0, 0.1) is 0 Å². The van der Waals surface area contributed by atoms with Gasteiger partial charge in [0.15, 0.2) is 5.65 Å². The van der Waals surface area contributed by atoms with Gasteiger partial charge in [0.05, 0.1) is 17.3 Å². The lowest BCUT2D eigenvalue weighted by molar-refractivity contribution is -0.116. The highest BCUT2D eigenvalue weighted by Gasteiger charge is 2.24. The molecule has 0 radical (unpaired) electrons. The minimum Gasteiger partial charge on any atom is -0.350 e. The molecule has 1 saturated heterocycles. The van der Waals surface area contributed by atoms with Crippen molar-refractivity contribution in [2.24, 2.45) is 7.05 Å². The molecule has 3 N–H and O–H groups in total. The summed E-state index contributed by atoms with van der Waals surface area (Å²) >= 11 is 3.62. The molecule has 8 nitrogen and oxygen atoms in total. The van der Waals surface area contributed by atoms with E-state index in [9.17, 15) is 4.79 Å². The first kappa shape index (κ1) is 25.5. The molecule has 9 heteroatoms. The average molecular weight is 585 g/mol. The van der Waals surface area contributed by atoms with Crippen LogP contribution in [0.25, 0.3) is 33.6 Å². The van der Waals surface area contributed by atoms with Gasteiger partial charge in [0.2, 0.25) is 0 Å². The van der Waals surface area contributed by atoms with Crippen LogP contribution in [0.4, 0.5) is 0 Å². The van der Waals surface area contributed by atoms with E-state index in [0.29, 0.717) is 11.2 Å². The molecule has 3 aromatic heterocycles. The predicted molar refractivity (Wildman–Crippen MR) is 159 cm³/mol. The minimum atomic E-state index is -0.165. The van der Waals surface area contributed by atoms with Gasteiger partial charge in [-0.15, -0.1) is 0 Å². The highest BCUT2D eigenvalue weighted by atomic mass is 79.9. The van der Waals surface area contributed by atoms with E-state index >= 15 is 0 Å². The third kappa shape index (κ3) is 5.38. The van der Waals surface area contributed by atoms with E-state index < -0.39 is 0 Å². The number of aromatic amines is 1. The number of hydrogen-bond donors (Lipinski definition) is 3. The van der Waals surface area contributed by atoms with Crippen molar-refractivity contribution in [3.8, 4) is 0 Å². The fraction of sp³-hybridized carbons (Fsp3) is 0.233. The monoisotopic (exact) mass is 583 g/mol. The molecule has 2 aromatic carbocycles. The number of aromatic nitrogens is 4. The Morgan fingerprint density at radius 2 is 1.92 bits per heavy atom. The largest absolute Gasteiger partial charge is 0.350 e. The number of benzene rings is 2. The first-order valence-electron chi connectivity index (χ1n) is 13.1. The van der Waals surface area contributed by atoms with Gasteiger partial charge in [0, 0.05) is 78.5 Å². The first-order chi connectivity index (χ1) is 19.1. The van der Waals surface area contributed by atoms with Crippen molar-refractivity contribution in [1.29, 1.82) is 0 Å². The van der Waals surface area contributed by atoms with Gasteiger partial charge in [-0.05, 0) is 42.0 Å². The van der Waals surface area contributed by atoms with Gasteiger partial charge in [0.25, 0.3) is 5.91 Å². The lowest BCUT2D eigenvalue weighted by atomic mass is 10.0. The summed E-state index contributed by atoms with van der Waals surface area (Å²) in [7, 11) is 2.00. The van der Waals surface area contributed by atoms with Crippen molar-refractivity contribution in [3.63, 3.8) is 0 Å². The molecule has 6 rings (SSSR count). The molecule has 1 aliphatic rings. The molecule has 0 saturated carbocycles.